The van der Waals surface area contributed by atoms with Crippen LogP contribution in [0.5, 0.6) is 28.7 Å². The first kappa shape index (κ1) is 25.1. The van der Waals surface area contributed by atoms with Gasteiger partial charge in [0.15, 0.2) is 35.2 Å². The van der Waals surface area contributed by atoms with Crippen LogP contribution < -0.4 is 57.9 Å². The predicted molar refractivity (Wildman–Crippen MR) is 104 cm³/mol. The van der Waals surface area contributed by atoms with Crippen LogP contribution in [0.3, 0.4) is 0 Å². The Bertz CT molecular complexity index is 1070. The van der Waals surface area contributed by atoms with Crippen LogP contribution in [-0.4, -0.2) is 38.3 Å². The first-order valence-corrected chi connectivity index (χ1v) is 9.96. The Morgan fingerprint density at radius 1 is 0.903 bits per heavy atom. The SMILES string of the molecule is COc1ccc(-c2ocnc2-c2cc(OC)c(OC)c(OC)c2)cc1OP(=O)([O-])O.[Na+]. The fourth-order valence-electron chi connectivity index (χ4n) is 2.89. The number of methoxy groups -OCH3 is 4. The van der Waals surface area contributed by atoms with E-state index in [-0.39, 0.29) is 41.1 Å². The fraction of sp³-hybridized carbons (Fsp3) is 0.211. The van der Waals surface area contributed by atoms with Crippen LogP contribution in [-0.2, 0) is 4.57 Å². The van der Waals surface area contributed by atoms with Crippen molar-refractivity contribution in [2.24, 2.45) is 0 Å². The minimum absolute atomic E-state index is 0. The van der Waals surface area contributed by atoms with Crippen molar-refractivity contribution < 1.29 is 71.8 Å². The van der Waals surface area contributed by atoms with E-state index < -0.39 is 7.82 Å². The van der Waals surface area contributed by atoms with Crippen LogP contribution in [0.2, 0.25) is 0 Å². The summed E-state index contributed by atoms with van der Waals surface area (Å²) in [7, 11) is 0.774. The topological polar surface area (TPSA) is 133 Å². The van der Waals surface area contributed by atoms with E-state index in [1.54, 1.807) is 18.2 Å². The van der Waals surface area contributed by atoms with Crippen LogP contribution in [0.15, 0.2) is 41.1 Å². The van der Waals surface area contributed by atoms with Gasteiger partial charge in [-0.05, 0) is 30.3 Å². The molecule has 160 valence electrons. The molecule has 3 aromatic rings. The molecule has 10 nitrogen and oxygen atoms in total. The number of hydrogen-bond donors (Lipinski definition) is 1. The zero-order valence-electron chi connectivity index (χ0n) is 17.6. The number of oxazole rings is 1. The number of rotatable bonds is 8. The van der Waals surface area contributed by atoms with E-state index in [0.717, 1.165) is 0 Å². The maximum atomic E-state index is 11.2. The van der Waals surface area contributed by atoms with Crippen molar-refractivity contribution in [2.45, 2.75) is 0 Å². The zero-order chi connectivity index (χ0) is 21.9. The molecule has 0 aliphatic rings. The van der Waals surface area contributed by atoms with E-state index >= 15 is 0 Å². The Hall–Kier alpha value is -2.20. The van der Waals surface area contributed by atoms with Gasteiger partial charge in [-0.15, -0.1) is 0 Å². The van der Waals surface area contributed by atoms with Crippen molar-refractivity contribution in [1.29, 1.82) is 0 Å². The smallest absolute Gasteiger partial charge is 0.746 e. The first-order valence-electron chi connectivity index (χ1n) is 8.47. The summed E-state index contributed by atoms with van der Waals surface area (Å²) in [5.74, 6) is 1.48. The van der Waals surface area contributed by atoms with Gasteiger partial charge in [0.25, 0.3) is 0 Å². The van der Waals surface area contributed by atoms with E-state index in [1.807, 2.05) is 0 Å². The molecule has 0 saturated heterocycles. The molecule has 1 aromatic heterocycles. The van der Waals surface area contributed by atoms with Crippen LogP contribution in [0.25, 0.3) is 22.6 Å². The van der Waals surface area contributed by atoms with Gasteiger partial charge in [-0.3, -0.25) is 4.57 Å². The van der Waals surface area contributed by atoms with Gasteiger partial charge in [0.1, 0.15) is 5.69 Å². The van der Waals surface area contributed by atoms with Crippen molar-refractivity contribution in [3.63, 3.8) is 0 Å². The molecule has 1 atom stereocenters. The number of aromatic nitrogens is 1. The second kappa shape index (κ2) is 10.4. The molecule has 0 bridgehead atoms. The minimum atomic E-state index is -5.05. The Kier molecular flexibility index (Phi) is 8.41. The van der Waals surface area contributed by atoms with Crippen molar-refractivity contribution in [3.05, 3.63) is 36.7 Å². The molecule has 3 rings (SSSR count). The molecule has 0 fully saturated rings. The van der Waals surface area contributed by atoms with E-state index in [2.05, 4.69) is 9.51 Å². The van der Waals surface area contributed by atoms with Gasteiger partial charge in [0, 0.05) is 11.1 Å². The van der Waals surface area contributed by atoms with Gasteiger partial charge in [-0.1, -0.05) is 0 Å². The van der Waals surface area contributed by atoms with E-state index in [1.165, 1.54) is 47.0 Å². The molecule has 1 N–H and O–H groups in total. The van der Waals surface area contributed by atoms with Gasteiger partial charge in [0.2, 0.25) is 5.75 Å². The Morgan fingerprint density at radius 3 is 2.00 bits per heavy atom. The van der Waals surface area contributed by atoms with E-state index in [9.17, 15) is 9.46 Å². The fourth-order valence-corrected chi connectivity index (χ4v) is 3.28. The summed E-state index contributed by atoms with van der Waals surface area (Å²) < 4.78 is 42.5. The number of nitrogens with zero attached hydrogens (tertiary/aromatic N) is 1. The van der Waals surface area contributed by atoms with Gasteiger partial charge < -0.3 is 37.7 Å². The maximum absolute atomic E-state index is 11.2. The van der Waals surface area contributed by atoms with Crippen LogP contribution in [0.1, 0.15) is 0 Å². The normalized spacial score (nSPS) is 12.3. The van der Waals surface area contributed by atoms with Crippen LogP contribution in [0, 0.1) is 0 Å². The summed E-state index contributed by atoms with van der Waals surface area (Å²) >= 11 is 0. The average molecular weight is 459 g/mol. The molecule has 1 unspecified atom stereocenters. The summed E-state index contributed by atoms with van der Waals surface area (Å²) in [6.07, 6.45) is 1.24. The monoisotopic (exact) mass is 459 g/mol. The molecule has 0 aliphatic carbocycles. The molecule has 31 heavy (non-hydrogen) atoms. The van der Waals surface area contributed by atoms with Gasteiger partial charge in [-0.2, -0.15) is 0 Å². The average Bonchev–Trinajstić information content (AvgIpc) is 3.21. The van der Waals surface area contributed by atoms with Crippen LogP contribution >= 0.6 is 7.82 Å². The van der Waals surface area contributed by atoms with Crippen molar-refractivity contribution in [1.82, 2.24) is 4.98 Å². The summed E-state index contributed by atoms with van der Waals surface area (Å²) in [5, 5.41) is 0. The van der Waals surface area contributed by atoms with Crippen LogP contribution in [0.4, 0.5) is 0 Å². The Balaban J connectivity index is 0.00000341. The summed E-state index contributed by atoms with van der Waals surface area (Å²) in [6, 6.07) is 7.84. The number of benzene rings is 2. The Labute approximate surface area is 200 Å². The number of hydrogen-bond acceptors (Lipinski definition) is 9. The molecule has 0 saturated carbocycles. The summed E-state index contributed by atoms with van der Waals surface area (Å²) in [5.41, 5.74) is 1.46. The quantitative estimate of drug-likeness (QED) is 0.359. The molecule has 0 amide bonds. The third kappa shape index (κ3) is 5.54. The van der Waals surface area contributed by atoms with Gasteiger partial charge in [-0.25, -0.2) is 4.98 Å². The standard InChI is InChI=1S/C19H20NO9P.Na/c1-24-13-6-5-11(7-14(13)29-30(21,22)23)18-17(20-10-28-18)12-8-15(25-2)19(27-4)16(9-12)26-3;/h5-10H,1-4H3,(H2,21,22,23);/q;+1/p-1. The number of phosphoric ester groups is 1. The second-order valence-corrected chi connectivity index (χ2v) is 6.99. The minimum Gasteiger partial charge on any atom is -0.746 e. The van der Waals surface area contributed by atoms with Crippen molar-refractivity contribution >= 4 is 7.82 Å². The van der Waals surface area contributed by atoms with Crippen molar-refractivity contribution in [3.8, 4) is 51.3 Å². The van der Waals surface area contributed by atoms with E-state index in [4.69, 9.17) is 28.3 Å². The predicted octanol–water partition coefficient (Wildman–Crippen LogP) is -0.113. The number of ether oxygens (including phenoxy) is 4. The third-order valence-electron chi connectivity index (χ3n) is 4.15. The number of phosphoric acid groups is 1. The van der Waals surface area contributed by atoms with Crippen molar-refractivity contribution in [2.75, 3.05) is 28.4 Å². The van der Waals surface area contributed by atoms with Gasteiger partial charge in [0.05, 0.1) is 28.4 Å². The summed E-state index contributed by atoms with van der Waals surface area (Å²) in [4.78, 5) is 24.5. The van der Waals surface area contributed by atoms with Gasteiger partial charge >= 0.3 is 37.4 Å². The molecular formula is C19H19NNaO9P. The Morgan fingerprint density at radius 2 is 1.48 bits per heavy atom. The molecule has 2 aromatic carbocycles. The largest absolute Gasteiger partial charge is 1.00 e. The first-order chi connectivity index (χ1) is 14.3. The molecule has 0 radical (unpaired) electrons. The molecule has 12 heteroatoms. The summed E-state index contributed by atoms with van der Waals surface area (Å²) in [6.45, 7) is 0. The molecular weight excluding hydrogens is 440 g/mol. The molecule has 0 aliphatic heterocycles. The molecule has 0 spiro atoms. The van der Waals surface area contributed by atoms with E-state index in [0.29, 0.717) is 39.8 Å². The zero-order valence-corrected chi connectivity index (χ0v) is 20.5. The maximum Gasteiger partial charge on any atom is 1.00 e. The molecule has 1 heterocycles. The second-order valence-electron chi connectivity index (χ2n) is 5.87. The third-order valence-corrected chi connectivity index (χ3v) is 4.57.